The minimum absolute atomic E-state index is 0.610. The topological polar surface area (TPSA) is 52.1 Å². The second-order valence-corrected chi connectivity index (χ2v) is 3.25. The van der Waals surface area contributed by atoms with E-state index < -0.39 is 0 Å². The molecule has 0 saturated heterocycles. The van der Waals surface area contributed by atoms with Gasteiger partial charge in [-0.2, -0.15) is 0 Å². The Bertz CT molecular complexity index is 500. The molecule has 2 heterocycles. The summed E-state index contributed by atoms with van der Waals surface area (Å²) in [6, 6.07) is 7.69. The third-order valence-electron chi connectivity index (χ3n) is 2.24. The van der Waals surface area contributed by atoms with Crippen molar-refractivity contribution >= 4 is 0 Å². The van der Waals surface area contributed by atoms with E-state index in [0.29, 0.717) is 11.8 Å². The van der Waals surface area contributed by atoms with Crippen LogP contribution in [0, 0.1) is 0 Å². The first-order valence-electron chi connectivity index (χ1n) is 4.83. The summed E-state index contributed by atoms with van der Waals surface area (Å²) in [6.45, 7) is 0. The standard InChI is InChI=1S/C12H8N2O2/c1-2-10(12-14-6-8-16-12)4-3-9(1)11-13-5-7-15-11/h1-8H. The Hall–Kier alpha value is -2.36. The van der Waals surface area contributed by atoms with E-state index in [1.54, 1.807) is 24.9 Å². The summed E-state index contributed by atoms with van der Waals surface area (Å²) < 4.78 is 10.4. The highest BCUT2D eigenvalue weighted by atomic mass is 16.3. The molecule has 0 aliphatic heterocycles. The minimum atomic E-state index is 0.610. The highest BCUT2D eigenvalue weighted by molar-refractivity contribution is 5.61. The molecule has 0 unspecified atom stereocenters. The quantitative estimate of drug-likeness (QED) is 0.655. The Morgan fingerprint density at radius 2 is 1.12 bits per heavy atom. The van der Waals surface area contributed by atoms with Crippen molar-refractivity contribution in [3.63, 3.8) is 0 Å². The minimum Gasteiger partial charge on any atom is -0.445 e. The molecule has 2 aromatic heterocycles. The molecule has 0 bridgehead atoms. The van der Waals surface area contributed by atoms with E-state index in [-0.39, 0.29) is 0 Å². The zero-order chi connectivity index (χ0) is 10.8. The monoisotopic (exact) mass is 212 g/mol. The summed E-state index contributed by atoms with van der Waals surface area (Å²) in [4.78, 5) is 8.15. The van der Waals surface area contributed by atoms with Crippen molar-refractivity contribution in [1.29, 1.82) is 0 Å². The van der Waals surface area contributed by atoms with Crippen molar-refractivity contribution < 1.29 is 8.83 Å². The van der Waals surface area contributed by atoms with Gasteiger partial charge in [0.25, 0.3) is 0 Å². The van der Waals surface area contributed by atoms with Crippen LogP contribution in [0.1, 0.15) is 0 Å². The Balaban J connectivity index is 1.97. The molecule has 3 rings (SSSR count). The summed E-state index contributed by atoms with van der Waals surface area (Å²) in [5, 5.41) is 0. The summed E-state index contributed by atoms with van der Waals surface area (Å²) in [6.07, 6.45) is 6.35. The van der Waals surface area contributed by atoms with Gasteiger partial charge in [0, 0.05) is 11.1 Å². The van der Waals surface area contributed by atoms with Gasteiger partial charge in [-0.15, -0.1) is 0 Å². The first kappa shape index (κ1) is 8.91. The average Bonchev–Trinajstić information content (AvgIpc) is 3.03. The molecule has 0 radical (unpaired) electrons. The molecular formula is C12H8N2O2. The van der Waals surface area contributed by atoms with Crippen LogP contribution in [-0.2, 0) is 0 Å². The van der Waals surface area contributed by atoms with Gasteiger partial charge in [-0.05, 0) is 24.3 Å². The van der Waals surface area contributed by atoms with Crippen LogP contribution in [0.25, 0.3) is 22.9 Å². The first-order chi connectivity index (χ1) is 7.93. The van der Waals surface area contributed by atoms with E-state index in [1.807, 2.05) is 24.3 Å². The van der Waals surface area contributed by atoms with Gasteiger partial charge >= 0.3 is 0 Å². The smallest absolute Gasteiger partial charge is 0.225 e. The van der Waals surface area contributed by atoms with Gasteiger partial charge in [-0.25, -0.2) is 9.97 Å². The van der Waals surface area contributed by atoms with Gasteiger partial charge in [0.1, 0.15) is 12.5 Å². The van der Waals surface area contributed by atoms with Crippen molar-refractivity contribution in [3.05, 3.63) is 49.2 Å². The molecule has 0 saturated carbocycles. The Morgan fingerprint density at radius 1 is 0.688 bits per heavy atom. The zero-order valence-electron chi connectivity index (χ0n) is 8.33. The van der Waals surface area contributed by atoms with Crippen LogP contribution in [0.5, 0.6) is 0 Å². The highest BCUT2D eigenvalue weighted by Crippen LogP contribution is 2.22. The number of hydrogen-bond acceptors (Lipinski definition) is 4. The SMILES string of the molecule is c1coc(-c2ccc(-c3ncco3)cc2)n1. The molecule has 0 amide bonds. The lowest BCUT2D eigenvalue weighted by Crippen LogP contribution is -1.79. The molecule has 0 aliphatic rings. The molecule has 0 aliphatic carbocycles. The molecule has 0 atom stereocenters. The van der Waals surface area contributed by atoms with Crippen LogP contribution in [-0.4, -0.2) is 9.97 Å². The second-order valence-electron chi connectivity index (χ2n) is 3.25. The van der Waals surface area contributed by atoms with Crippen LogP contribution in [0.4, 0.5) is 0 Å². The summed E-state index contributed by atoms with van der Waals surface area (Å²) in [7, 11) is 0. The van der Waals surface area contributed by atoms with Crippen LogP contribution < -0.4 is 0 Å². The highest BCUT2D eigenvalue weighted by Gasteiger charge is 2.05. The van der Waals surface area contributed by atoms with Gasteiger partial charge in [-0.3, -0.25) is 0 Å². The molecule has 4 nitrogen and oxygen atoms in total. The third-order valence-corrected chi connectivity index (χ3v) is 2.24. The summed E-state index contributed by atoms with van der Waals surface area (Å²) >= 11 is 0. The maximum absolute atomic E-state index is 5.20. The molecule has 3 aromatic rings. The number of rotatable bonds is 2. The van der Waals surface area contributed by atoms with Gasteiger partial charge in [-0.1, -0.05) is 0 Å². The molecule has 4 heteroatoms. The van der Waals surface area contributed by atoms with Crippen molar-refractivity contribution in [2.24, 2.45) is 0 Å². The average molecular weight is 212 g/mol. The van der Waals surface area contributed by atoms with Crippen molar-refractivity contribution in [1.82, 2.24) is 9.97 Å². The number of aromatic nitrogens is 2. The van der Waals surface area contributed by atoms with Crippen molar-refractivity contribution in [3.8, 4) is 22.9 Å². The van der Waals surface area contributed by atoms with E-state index in [1.165, 1.54) is 0 Å². The largest absolute Gasteiger partial charge is 0.445 e. The summed E-state index contributed by atoms with van der Waals surface area (Å²) in [5.74, 6) is 1.22. The normalized spacial score (nSPS) is 10.5. The molecule has 16 heavy (non-hydrogen) atoms. The number of benzene rings is 1. The Kier molecular flexibility index (Phi) is 2.04. The molecule has 0 N–H and O–H groups in total. The van der Waals surface area contributed by atoms with E-state index in [4.69, 9.17) is 8.83 Å². The molecule has 78 valence electrons. The van der Waals surface area contributed by atoms with E-state index >= 15 is 0 Å². The number of nitrogens with zero attached hydrogens (tertiary/aromatic N) is 2. The Morgan fingerprint density at radius 3 is 1.44 bits per heavy atom. The Labute approximate surface area is 91.6 Å². The van der Waals surface area contributed by atoms with Gasteiger partial charge in [0.2, 0.25) is 11.8 Å². The lowest BCUT2D eigenvalue weighted by molar-refractivity contribution is 0.573. The second kappa shape index (κ2) is 3.66. The van der Waals surface area contributed by atoms with Gasteiger partial charge in [0.05, 0.1) is 12.4 Å². The number of oxazole rings is 2. The maximum atomic E-state index is 5.20. The van der Waals surface area contributed by atoms with E-state index in [9.17, 15) is 0 Å². The molecular weight excluding hydrogens is 204 g/mol. The summed E-state index contributed by atoms with van der Waals surface area (Å²) in [5.41, 5.74) is 1.86. The van der Waals surface area contributed by atoms with Crippen LogP contribution >= 0.6 is 0 Å². The van der Waals surface area contributed by atoms with E-state index in [0.717, 1.165) is 11.1 Å². The van der Waals surface area contributed by atoms with Gasteiger partial charge < -0.3 is 8.83 Å². The fraction of sp³-hybridized carbons (Fsp3) is 0. The van der Waals surface area contributed by atoms with Crippen LogP contribution in [0.2, 0.25) is 0 Å². The third kappa shape index (κ3) is 1.50. The molecule has 1 aromatic carbocycles. The van der Waals surface area contributed by atoms with Crippen molar-refractivity contribution in [2.45, 2.75) is 0 Å². The van der Waals surface area contributed by atoms with Gasteiger partial charge in [0.15, 0.2) is 0 Å². The lowest BCUT2D eigenvalue weighted by atomic mass is 10.1. The molecule has 0 fully saturated rings. The predicted molar refractivity (Wildman–Crippen MR) is 57.4 cm³/mol. The van der Waals surface area contributed by atoms with Crippen molar-refractivity contribution in [2.75, 3.05) is 0 Å². The maximum Gasteiger partial charge on any atom is 0.225 e. The first-order valence-corrected chi connectivity index (χ1v) is 4.83. The fourth-order valence-corrected chi connectivity index (χ4v) is 1.49. The van der Waals surface area contributed by atoms with Crippen LogP contribution in [0.15, 0.2) is 58.0 Å². The number of hydrogen-bond donors (Lipinski definition) is 0. The lowest BCUT2D eigenvalue weighted by Gasteiger charge is -1.97. The predicted octanol–water partition coefficient (Wildman–Crippen LogP) is 3.00. The fourth-order valence-electron chi connectivity index (χ4n) is 1.49. The van der Waals surface area contributed by atoms with Crippen LogP contribution in [0.3, 0.4) is 0 Å². The molecule has 0 spiro atoms. The zero-order valence-corrected chi connectivity index (χ0v) is 8.33. The van der Waals surface area contributed by atoms with E-state index in [2.05, 4.69) is 9.97 Å².